The lowest BCUT2D eigenvalue weighted by Gasteiger charge is -2.65. The van der Waals surface area contributed by atoms with Gasteiger partial charge in [-0.2, -0.15) is 4.91 Å². The molecule has 3 unspecified atom stereocenters. The van der Waals surface area contributed by atoms with Crippen LogP contribution >= 0.6 is 11.6 Å². The van der Waals surface area contributed by atoms with Gasteiger partial charge in [0.1, 0.15) is 11.9 Å². The van der Waals surface area contributed by atoms with Crippen molar-refractivity contribution in [3.8, 4) is 0 Å². The van der Waals surface area contributed by atoms with E-state index in [0.717, 1.165) is 25.7 Å². The lowest BCUT2D eigenvalue weighted by Crippen LogP contribution is -2.68. The van der Waals surface area contributed by atoms with Crippen molar-refractivity contribution < 1.29 is 19.4 Å². The Labute approximate surface area is 183 Å². The fraction of sp³-hybridized carbons (Fsp3) is 0.913. The molecule has 0 aliphatic heterocycles. The predicted octanol–water partition coefficient (Wildman–Crippen LogP) is 4.24. The van der Waals surface area contributed by atoms with Gasteiger partial charge in [-0.05, 0) is 75.0 Å². The molecular formula is C23H34ClNO5. The quantitative estimate of drug-likeness (QED) is 0.401. The number of hydrogen-bond donors (Lipinski definition) is 1. The van der Waals surface area contributed by atoms with Gasteiger partial charge in [0.25, 0.3) is 0 Å². The van der Waals surface area contributed by atoms with Gasteiger partial charge in [0.2, 0.25) is 0 Å². The van der Waals surface area contributed by atoms with E-state index in [1.165, 1.54) is 6.92 Å². The highest BCUT2D eigenvalue weighted by Gasteiger charge is 2.69. The van der Waals surface area contributed by atoms with E-state index in [9.17, 15) is 19.6 Å². The number of ketones is 1. The number of alkyl halides is 1. The lowest BCUT2D eigenvalue weighted by atomic mass is 9.43. The summed E-state index contributed by atoms with van der Waals surface area (Å²) in [5.74, 6) is 0.797. The van der Waals surface area contributed by atoms with Crippen molar-refractivity contribution in [2.24, 2.45) is 39.7 Å². The van der Waals surface area contributed by atoms with Crippen LogP contribution in [-0.2, 0) is 14.3 Å². The molecule has 4 fully saturated rings. The third-order valence-corrected chi connectivity index (χ3v) is 10.4. The van der Waals surface area contributed by atoms with Crippen molar-refractivity contribution >= 4 is 23.4 Å². The molecule has 0 spiro atoms. The van der Waals surface area contributed by atoms with Crippen molar-refractivity contribution in [3.05, 3.63) is 4.91 Å². The van der Waals surface area contributed by atoms with Gasteiger partial charge >= 0.3 is 5.97 Å². The lowest BCUT2D eigenvalue weighted by molar-refractivity contribution is -0.175. The van der Waals surface area contributed by atoms with E-state index in [-0.39, 0.29) is 47.6 Å². The maximum atomic E-state index is 12.3. The molecular weight excluding hydrogens is 406 g/mol. The number of nitroso groups, excluding NO2 is 1. The Kier molecular flexibility index (Phi) is 5.58. The smallest absolute Gasteiger partial charge is 0.302 e. The zero-order valence-corrected chi connectivity index (χ0v) is 19.0. The van der Waals surface area contributed by atoms with Crippen molar-refractivity contribution in [1.29, 1.82) is 0 Å². The fourth-order valence-electron chi connectivity index (χ4n) is 8.42. The van der Waals surface area contributed by atoms with Crippen LogP contribution in [0.15, 0.2) is 5.18 Å². The molecule has 4 rings (SSSR count). The molecule has 1 N–H and O–H groups in total. The number of hydrogen-bond acceptors (Lipinski definition) is 6. The number of nitrogens with zero attached hydrogens (tertiary/aromatic N) is 1. The number of aliphatic hydroxyl groups excluding tert-OH is 1. The van der Waals surface area contributed by atoms with Gasteiger partial charge in [-0.25, -0.2) is 0 Å². The number of halogens is 1. The molecule has 0 aromatic carbocycles. The van der Waals surface area contributed by atoms with Crippen LogP contribution in [0.3, 0.4) is 0 Å². The third kappa shape index (κ3) is 3.00. The molecule has 0 saturated heterocycles. The second-order valence-electron chi connectivity index (χ2n) is 10.7. The minimum atomic E-state index is -1.02. The van der Waals surface area contributed by atoms with E-state index < -0.39 is 16.4 Å². The Morgan fingerprint density at radius 1 is 1.13 bits per heavy atom. The molecule has 0 amide bonds. The van der Waals surface area contributed by atoms with E-state index in [0.29, 0.717) is 31.6 Å². The number of carbonyl (C=O) groups excluding carboxylic acids is 2. The van der Waals surface area contributed by atoms with Crippen LogP contribution < -0.4 is 0 Å². The van der Waals surface area contributed by atoms with Crippen LogP contribution in [0.5, 0.6) is 0 Å². The Balaban J connectivity index is 1.70. The molecule has 0 radical (unpaired) electrons. The summed E-state index contributed by atoms with van der Waals surface area (Å²) in [4.78, 5) is 34.4. The monoisotopic (exact) mass is 439 g/mol. The summed E-state index contributed by atoms with van der Waals surface area (Å²) < 4.78 is 5.46. The number of rotatable bonds is 4. The van der Waals surface area contributed by atoms with E-state index in [4.69, 9.17) is 16.3 Å². The summed E-state index contributed by atoms with van der Waals surface area (Å²) in [6.07, 6.45) is 4.80. The Morgan fingerprint density at radius 2 is 1.87 bits per heavy atom. The molecule has 4 saturated carbocycles. The van der Waals surface area contributed by atoms with E-state index in [1.54, 1.807) is 6.92 Å². The van der Waals surface area contributed by atoms with E-state index in [1.807, 2.05) is 0 Å². The molecule has 0 aromatic rings. The van der Waals surface area contributed by atoms with Gasteiger partial charge in [-0.15, -0.1) is 11.6 Å². The summed E-state index contributed by atoms with van der Waals surface area (Å²) in [5.41, 5.74) is -0.630. The molecule has 30 heavy (non-hydrogen) atoms. The molecule has 0 heterocycles. The number of aliphatic hydroxyl groups is 1. The van der Waals surface area contributed by atoms with Crippen molar-refractivity contribution in [3.63, 3.8) is 0 Å². The van der Waals surface area contributed by atoms with Crippen molar-refractivity contribution in [2.75, 3.05) is 6.54 Å². The molecule has 7 heteroatoms. The molecule has 168 valence electrons. The summed E-state index contributed by atoms with van der Waals surface area (Å²) in [7, 11) is 0. The topological polar surface area (TPSA) is 93.0 Å². The van der Waals surface area contributed by atoms with Gasteiger partial charge in [-0.1, -0.05) is 12.1 Å². The normalized spacial score (nSPS) is 50.0. The van der Waals surface area contributed by atoms with Crippen LogP contribution in [0, 0.1) is 39.4 Å². The van der Waals surface area contributed by atoms with Gasteiger partial charge < -0.3 is 9.84 Å². The first kappa shape index (κ1) is 22.2. The number of fused-ring (bicyclic) bond motifs is 5. The zero-order valence-electron chi connectivity index (χ0n) is 18.2. The van der Waals surface area contributed by atoms with E-state index in [2.05, 4.69) is 12.1 Å². The Hall–Kier alpha value is -1.01. The third-order valence-electron chi connectivity index (χ3n) is 9.61. The molecule has 0 aromatic heterocycles. The highest BCUT2D eigenvalue weighted by atomic mass is 35.5. The van der Waals surface area contributed by atoms with Crippen molar-refractivity contribution in [2.45, 2.75) is 89.2 Å². The summed E-state index contributed by atoms with van der Waals surface area (Å²) in [6.45, 7) is 5.43. The van der Waals surface area contributed by atoms with Crippen LogP contribution in [0.4, 0.5) is 0 Å². The minimum Gasteiger partial charge on any atom is -0.462 e. The second kappa shape index (κ2) is 7.54. The zero-order chi connectivity index (χ0) is 21.9. The van der Waals surface area contributed by atoms with Crippen LogP contribution in [-0.4, -0.2) is 40.5 Å². The van der Waals surface area contributed by atoms with Gasteiger partial charge in [0.15, 0.2) is 0 Å². The second-order valence-corrected chi connectivity index (χ2v) is 11.4. The highest BCUT2D eigenvalue weighted by molar-refractivity contribution is 6.25. The average Bonchev–Trinajstić information content (AvgIpc) is 3.01. The molecule has 4 aliphatic rings. The van der Waals surface area contributed by atoms with Gasteiger partial charge in [-0.3, -0.25) is 9.59 Å². The van der Waals surface area contributed by atoms with Crippen molar-refractivity contribution in [1.82, 2.24) is 0 Å². The Morgan fingerprint density at radius 3 is 2.50 bits per heavy atom. The summed E-state index contributed by atoms with van der Waals surface area (Å²) >= 11 is 7.22. The number of esters is 1. The maximum absolute atomic E-state index is 12.3. The summed E-state index contributed by atoms with van der Waals surface area (Å²) in [5, 5.41) is 14.7. The molecule has 4 aliphatic carbocycles. The first-order chi connectivity index (χ1) is 14.1. The standard InChI is InChI=1S/C23H34ClNO5/c1-13(26)17-4-5-18-16-10-20(28)23(24)11-15(30-14(2)27)6-9-22(23,12-25-29)19(16)7-8-21(17,18)3/h15-20,28H,4-12H2,1-3H3/t15-,16?,17+,18?,19?,20+,21+,22-,23-/m0/s1. The first-order valence-electron chi connectivity index (χ1n) is 11.4. The largest absolute Gasteiger partial charge is 0.462 e. The van der Waals surface area contributed by atoms with E-state index >= 15 is 0 Å². The van der Waals surface area contributed by atoms with Gasteiger partial charge in [0.05, 0.1) is 17.5 Å². The molecule has 0 bridgehead atoms. The number of carbonyl (C=O) groups is 2. The van der Waals surface area contributed by atoms with Crippen LogP contribution in [0.2, 0.25) is 0 Å². The summed E-state index contributed by atoms with van der Waals surface area (Å²) in [6, 6.07) is 0. The molecule has 9 atom stereocenters. The minimum absolute atomic E-state index is 0.0379. The molecule has 6 nitrogen and oxygen atoms in total. The maximum Gasteiger partial charge on any atom is 0.302 e. The van der Waals surface area contributed by atoms with Crippen LogP contribution in [0.1, 0.15) is 72.1 Å². The van der Waals surface area contributed by atoms with Gasteiger partial charge in [0, 0.05) is 24.7 Å². The number of Topliss-reactive ketones (excluding diaryl/α,β-unsaturated/α-hetero) is 1. The van der Waals surface area contributed by atoms with Crippen LogP contribution in [0.25, 0.3) is 0 Å². The Bertz CT molecular complexity index is 745. The predicted molar refractivity (Wildman–Crippen MR) is 113 cm³/mol. The first-order valence-corrected chi connectivity index (χ1v) is 11.8. The highest BCUT2D eigenvalue weighted by Crippen LogP contribution is 2.70. The number of ether oxygens (including phenoxy) is 1. The fourth-order valence-corrected chi connectivity index (χ4v) is 8.97. The SMILES string of the molecule is CC(=O)O[C@H]1CC[C@]2(CN=O)C3CC[C@@]4(C)C(CC[C@@H]4C(C)=O)C3C[C@@H](O)[C@@]2(Cl)C1. The average molecular weight is 440 g/mol.